The zero-order valence-electron chi connectivity index (χ0n) is 21.8. The Balaban J connectivity index is 1.41. The number of nitrogens with one attached hydrogen (secondary N) is 1. The van der Waals surface area contributed by atoms with Crippen LogP contribution in [0.15, 0.2) is 80.6 Å². The zero-order valence-corrected chi connectivity index (χ0v) is 23.4. The van der Waals surface area contributed by atoms with Crippen molar-refractivity contribution in [3.63, 3.8) is 0 Å². The third kappa shape index (κ3) is 5.64. The Morgan fingerprint density at radius 2 is 1.73 bits per heavy atom. The van der Waals surface area contributed by atoms with E-state index >= 15 is 0 Å². The van der Waals surface area contributed by atoms with Crippen LogP contribution >= 0.6 is 23.4 Å². The summed E-state index contributed by atoms with van der Waals surface area (Å²) >= 11 is 7.47. The number of hydrogen-bond acceptors (Lipinski definition) is 6. The minimum atomic E-state index is -1.14. The van der Waals surface area contributed by atoms with Gasteiger partial charge in [-0.3, -0.25) is 4.79 Å². The van der Waals surface area contributed by atoms with E-state index in [1.165, 1.54) is 11.8 Å². The fourth-order valence-electron chi connectivity index (χ4n) is 4.70. The van der Waals surface area contributed by atoms with E-state index in [1.54, 1.807) is 25.3 Å². The number of benzene rings is 3. The summed E-state index contributed by atoms with van der Waals surface area (Å²) in [5.74, 6) is -0.894. The number of carboxylic acid groups (broad SMARTS) is 1. The number of carboxylic acids is 1. The predicted octanol–water partition coefficient (Wildman–Crippen LogP) is 6.52. The van der Waals surface area contributed by atoms with Gasteiger partial charge in [-0.2, -0.15) is 11.8 Å². The quantitative estimate of drug-likeness (QED) is 0.192. The van der Waals surface area contributed by atoms with Gasteiger partial charge in [-0.25, -0.2) is 9.59 Å². The zero-order chi connectivity index (χ0) is 28.4. The highest BCUT2D eigenvalue weighted by atomic mass is 35.5. The average molecular weight is 576 g/mol. The van der Waals surface area contributed by atoms with Gasteiger partial charge in [0.25, 0.3) is 0 Å². The molecule has 0 fully saturated rings. The van der Waals surface area contributed by atoms with Crippen LogP contribution in [0.4, 0.5) is 0 Å². The van der Waals surface area contributed by atoms with Gasteiger partial charge in [-0.05, 0) is 48.7 Å². The first-order valence-corrected chi connectivity index (χ1v) is 14.1. The van der Waals surface area contributed by atoms with Crippen molar-refractivity contribution in [1.82, 2.24) is 5.32 Å². The highest BCUT2D eigenvalue weighted by Gasteiger charge is 2.23. The van der Waals surface area contributed by atoms with E-state index in [9.17, 15) is 19.5 Å². The number of furan rings is 1. The summed E-state index contributed by atoms with van der Waals surface area (Å²) in [6.45, 7) is 3.58. The standard InChI is InChI=1S/C31H26ClNO6S/c1-17-22-12-24-25(20-8-10-21(32)11-9-20)14-38-28(24)18(2)29(22)39-31(37)23(17)13-27(34)33-26(30(35)36)16-40-15-19-6-4-3-5-7-19/h3-12,14,26H,13,15-16H2,1-2H3,(H,33,34)(H,35,36)/t26-/m0/s1. The molecule has 40 heavy (non-hydrogen) atoms. The molecular weight excluding hydrogens is 550 g/mol. The van der Waals surface area contributed by atoms with E-state index in [0.29, 0.717) is 38.5 Å². The first-order valence-electron chi connectivity index (χ1n) is 12.6. The number of fused-ring (bicyclic) bond motifs is 2. The smallest absolute Gasteiger partial charge is 0.340 e. The number of halogens is 1. The number of carbonyl (C=O) groups excluding carboxylic acids is 1. The van der Waals surface area contributed by atoms with Gasteiger partial charge in [0, 0.05) is 38.4 Å². The predicted molar refractivity (Wildman–Crippen MR) is 158 cm³/mol. The largest absolute Gasteiger partial charge is 0.480 e. The fourth-order valence-corrected chi connectivity index (χ4v) is 5.84. The number of rotatable bonds is 9. The number of hydrogen-bond donors (Lipinski definition) is 2. The molecule has 204 valence electrons. The van der Waals surface area contributed by atoms with Gasteiger partial charge >= 0.3 is 11.6 Å². The molecule has 0 radical (unpaired) electrons. The van der Waals surface area contributed by atoms with Crippen LogP contribution in [-0.2, 0) is 21.8 Å². The number of amides is 1. The molecule has 2 N–H and O–H groups in total. The topological polar surface area (TPSA) is 110 Å². The molecule has 0 saturated heterocycles. The van der Waals surface area contributed by atoms with Crippen LogP contribution in [0.25, 0.3) is 33.1 Å². The molecule has 0 saturated carbocycles. The number of aryl methyl sites for hydroxylation is 2. The summed E-state index contributed by atoms with van der Waals surface area (Å²) in [5, 5.41) is 14.4. The van der Waals surface area contributed by atoms with Crippen LogP contribution in [0.1, 0.15) is 22.3 Å². The van der Waals surface area contributed by atoms with Crippen LogP contribution in [0, 0.1) is 13.8 Å². The van der Waals surface area contributed by atoms with E-state index in [2.05, 4.69) is 5.32 Å². The maximum atomic E-state index is 13.0. The molecule has 3 aromatic carbocycles. The molecule has 0 bridgehead atoms. The summed E-state index contributed by atoms with van der Waals surface area (Å²) in [4.78, 5) is 37.7. The lowest BCUT2D eigenvalue weighted by atomic mass is 9.97. The van der Waals surface area contributed by atoms with Crippen LogP contribution in [-0.4, -0.2) is 28.8 Å². The van der Waals surface area contributed by atoms with Gasteiger partial charge in [-0.15, -0.1) is 0 Å². The lowest BCUT2D eigenvalue weighted by molar-refractivity contribution is -0.141. The van der Waals surface area contributed by atoms with Gasteiger partial charge in [0.15, 0.2) is 0 Å². The highest BCUT2D eigenvalue weighted by Crippen LogP contribution is 2.37. The Morgan fingerprint density at radius 3 is 2.42 bits per heavy atom. The molecule has 1 atom stereocenters. The van der Waals surface area contributed by atoms with E-state index < -0.39 is 23.5 Å². The summed E-state index contributed by atoms with van der Waals surface area (Å²) in [5.41, 5.74) is 4.64. The third-order valence-electron chi connectivity index (χ3n) is 6.86. The van der Waals surface area contributed by atoms with E-state index in [-0.39, 0.29) is 17.7 Å². The maximum absolute atomic E-state index is 13.0. The number of aliphatic carboxylic acids is 1. The van der Waals surface area contributed by atoms with Gasteiger partial charge < -0.3 is 19.3 Å². The molecule has 9 heteroatoms. The minimum Gasteiger partial charge on any atom is -0.480 e. The van der Waals surface area contributed by atoms with Gasteiger partial charge in [0.05, 0.1) is 18.2 Å². The molecule has 1 amide bonds. The number of carbonyl (C=O) groups is 2. The molecule has 0 aliphatic carbocycles. The lowest BCUT2D eigenvalue weighted by Gasteiger charge is -2.15. The molecule has 0 spiro atoms. The summed E-state index contributed by atoms with van der Waals surface area (Å²) in [7, 11) is 0. The van der Waals surface area contributed by atoms with Crippen molar-refractivity contribution in [2.75, 3.05) is 5.75 Å². The Kier molecular flexibility index (Phi) is 8.00. The lowest BCUT2D eigenvalue weighted by Crippen LogP contribution is -2.43. The van der Waals surface area contributed by atoms with Crippen molar-refractivity contribution >= 4 is 57.2 Å². The summed E-state index contributed by atoms with van der Waals surface area (Å²) < 4.78 is 11.5. The monoisotopic (exact) mass is 575 g/mol. The van der Waals surface area contributed by atoms with Gasteiger partial charge in [0.1, 0.15) is 17.2 Å². The highest BCUT2D eigenvalue weighted by molar-refractivity contribution is 7.98. The molecule has 0 aliphatic rings. The van der Waals surface area contributed by atoms with Crippen molar-refractivity contribution in [1.29, 1.82) is 0 Å². The molecular formula is C31H26ClNO6S. The second kappa shape index (κ2) is 11.6. The Bertz CT molecular complexity index is 1780. The van der Waals surface area contributed by atoms with E-state index in [1.807, 2.05) is 55.5 Å². The SMILES string of the molecule is Cc1c(CC(=O)N[C@@H](CSCc2ccccc2)C(=O)O)c(=O)oc2c(C)c3occ(-c4ccc(Cl)cc4)c3cc12. The van der Waals surface area contributed by atoms with Crippen molar-refractivity contribution in [2.45, 2.75) is 32.1 Å². The van der Waals surface area contributed by atoms with Gasteiger partial charge in [-0.1, -0.05) is 54.1 Å². The van der Waals surface area contributed by atoms with Crippen molar-refractivity contribution < 1.29 is 23.5 Å². The molecule has 5 rings (SSSR count). The van der Waals surface area contributed by atoms with Crippen LogP contribution in [0.2, 0.25) is 5.02 Å². The molecule has 7 nitrogen and oxygen atoms in total. The minimum absolute atomic E-state index is 0.182. The first kappa shape index (κ1) is 27.6. The van der Waals surface area contributed by atoms with Crippen molar-refractivity contribution in [3.05, 3.63) is 105 Å². The van der Waals surface area contributed by atoms with E-state index in [0.717, 1.165) is 22.1 Å². The molecule has 5 aromatic rings. The van der Waals surface area contributed by atoms with Crippen LogP contribution in [0.5, 0.6) is 0 Å². The second-order valence-corrected chi connectivity index (χ2v) is 11.0. The number of thioether (sulfide) groups is 1. The molecule has 2 aromatic heterocycles. The summed E-state index contributed by atoms with van der Waals surface area (Å²) in [6, 6.07) is 17.9. The Morgan fingerprint density at radius 1 is 1.00 bits per heavy atom. The second-order valence-electron chi connectivity index (χ2n) is 9.54. The van der Waals surface area contributed by atoms with Gasteiger partial charge in [0.2, 0.25) is 5.91 Å². The Labute approximate surface area is 239 Å². The molecule has 0 aliphatic heterocycles. The Hall–Kier alpha value is -4.01. The first-order chi connectivity index (χ1) is 19.2. The summed E-state index contributed by atoms with van der Waals surface area (Å²) in [6.07, 6.45) is 1.35. The molecule has 2 heterocycles. The maximum Gasteiger partial charge on any atom is 0.340 e. The average Bonchev–Trinajstić information content (AvgIpc) is 3.36. The third-order valence-corrected chi connectivity index (χ3v) is 8.22. The van der Waals surface area contributed by atoms with E-state index in [4.69, 9.17) is 20.4 Å². The van der Waals surface area contributed by atoms with Crippen LogP contribution < -0.4 is 10.9 Å². The van der Waals surface area contributed by atoms with Crippen molar-refractivity contribution in [3.8, 4) is 11.1 Å². The fraction of sp³-hybridized carbons (Fsp3) is 0.194. The molecule has 0 unspecified atom stereocenters. The normalized spacial score (nSPS) is 12.1. The van der Waals surface area contributed by atoms with Crippen molar-refractivity contribution in [2.24, 2.45) is 0 Å². The van der Waals surface area contributed by atoms with Crippen LogP contribution in [0.3, 0.4) is 0 Å².